The van der Waals surface area contributed by atoms with Crippen LogP contribution in [0.2, 0.25) is 0 Å². The molecule has 1 saturated carbocycles. The molecular formula is C13H26N2. The van der Waals surface area contributed by atoms with Crippen LogP contribution in [0.4, 0.5) is 0 Å². The van der Waals surface area contributed by atoms with Crippen LogP contribution in [0.1, 0.15) is 45.4 Å². The molecule has 2 rings (SSSR count). The van der Waals surface area contributed by atoms with E-state index in [0.29, 0.717) is 0 Å². The molecule has 0 amide bonds. The van der Waals surface area contributed by atoms with Crippen LogP contribution in [0.25, 0.3) is 0 Å². The molecule has 0 radical (unpaired) electrons. The fraction of sp³-hybridized carbons (Fsp3) is 1.00. The first kappa shape index (κ1) is 11.4. The van der Waals surface area contributed by atoms with E-state index < -0.39 is 0 Å². The maximum Gasteiger partial charge on any atom is 0.000781 e. The fourth-order valence-electron chi connectivity index (χ4n) is 2.84. The maximum absolute atomic E-state index is 3.67. The van der Waals surface area contributed by atoms with Gasteiger partial charge in [-0.15, -0.1) is 0 Å². The van der Waals surface area contributed by atoms with Gasteiger partial charge in [0, 0.05) is 6.54 Å². The van der Waals surface area contributed by atoms with E-state index in [9.17, 15) is 0 Å². The van der Waals surface area contributed by atoms with Crippen molar-refractivity contribution in [3.63, 3.8) is 0 Å². The van der Waals surface area contributed by atoms with Crippen molar-refractivity contribution in [3.8, 4) is 0 Å². The Morgan fingerprint density at radius 1 is 1.40 bits per heavy atom. The van der Waals surface area contributed by atoms with E-state index >= 15 is 0 Å². The molecule has 2 heteroatoms. The Hall–Kier alpha value is -0.0800. The van der Waals surface area contributed by atoms with E-state index in [-0.39, 0.29) is 0 Å². The molecule has 0 aromatic heterocycles. The van der Waals surface area contributed by atoms with Gasteiger partial charge >= 0.3 is 0 Å². The lowest BCUT2D eigenvalue weighted by Gasteiger charge is -2.16. The van der Waals surface area contributed by atoms with E-state index in [1.165, 1.54) is 64.7 Å². The molecule has 1 unspecified atom stereocenters. The van der Waals surface area contributed by atoms with Crippen molar-refractivity contribution in [2.75, 3.05) is 26.2 Å². The predicted molar refractivity (Wildman–Crippen MR) is 65.0 cm³/mol. The highest BCUT2D eigenvalue weighted by molar-refractivity contribution is 4.94. The van der Waals surface area contributed by atoms with Crippen LogP contribution in [0.15, 0.2) is 0 Å². The number of rotatable bonds is 7. The van der Waals surface area contributed by atoms with Crippen LogP contribution in [0, 0.1) is 11.3 Å². The van der Waals surface area contributed by atoms with E-state index in [1.54, 1.807) is 0 Å². The van der Waals surface area contributed by atoms with Gasteiger partial charge in [-0.3, -0.25) is 0 Å². The Bertz CT molecular complexity index is 181. The Balaban J connectivity index is 1.51. The van der Waals surface area contributed by atoms with E-state index in [2.05, 4.69) is 17.6 Å². The van der Waals surface area contributed by atoms with Gasteiger partial charge in [0.25, 0.3) is 0 Å². The van der Waals surface area contributed by atoms with Gasteiger partial charge in [-0.2, -0.15) is 0 Å². The standard InChI is InChI=1S/C13H26N2/c1-2-5-13(6-7-13)11-15-9-4-12-3-8-14-10-12/h12,14-15H,2-11H2,1H3. The van der Waals surface area contributed by atoms with Gasteiger partial charge in [-0.1, -0.05) is 13.3 Å². The van der Waals surface area contributed by atoms with Gasteiger partial charge in [0.1, 0.15) is 0 Å². The summed E-state index contributed by atoms with van der Waals surface area (Å²) >= 11 is 0. The molecular weight excluding hydrogens is 184 g/mol. The Kier molecular flexibility index (Phi) is 4.04. The summed E-state index contributed by atoms with van der Waals surface area (Å²) in [5.74, 6) is 0.943. The average Bonchev–Trinajstić information content (AvgIpc) is 2.80. The van der Waals surface area contributed by atoms with Crippen molar-refractivity contribution in [1.29, 1.82) is 0 Å². The second-order valence-corrected chi connectivity index (χ2v) is 5.57. The largest absolute Gasteiger partial charge is 0.316 e. The van der Waals surface area contributed by atoms with Crippen molar-refractivity contribution < 1.29 is 0 Å². The van der Waals surface area contributed by atoms with Crippen molar-refractivity contribution >= 4 is 0 Å². The maximum atomic E-state index is 3.67. The molecule has 1 aliphatic heterocycles. The fourth-order valence-corrected chi connectivity index (χ4v) is 2.84. The Morgan fingerprint density at radius 2 is 2.27 bits per heavy atom. The van der Waals surface area contributed by atoms with Crippen molar-refractivity contribution in [2.24, 2.45) is 11.3 Å². The first-order valence-electron chi connectivity index (χ1n) is 6.76. The van der Waals surface area contributed by atoms with E-state index in [0.717, 1.165) is 11.3 Å². The molecule has 1 saturated heterocycles. The summed E-state index contributed by atoms with van der Waals surface area (Å²) in [4.78, 5) is 0. The SMILES string of the molecule is CCCC1(CNCCC2CCNC2)CC1. The second-order valence-electron chi connectivity index (χ2n) is 5.57. The van der Waals surface area contributed by atoms with Crippen LogP contribution in [-0.2, 0) is 0 Å². The summed E-state index contributed by atoms with van der Waals surface area (Å²) in [6.45, 7) is 7.31. The molecule has 2 fully saturated rings. The topological polar surface area (TPSA) is 24.1 Å². The van der Waals surface area contributed by atoms with Crippen LogP contribution in [0.5, 0.6) is 0 Å². The highest BCUT2D eigenvalue weighted by atomic mass is 14.9. The second kappa shape index (κ2) is 5.31. The molecule has 15 heavy (non-hydrogen) atoms. The first-order valence-corrected chi connectivity index (χ1v) is 6.76. The van der Waals surface area contributed by atoms with Gasteiger partial charge in [-0.05, 0) is 63.1 Å². The lowest BCUT2D eigenvalue weighted by molar-refractivity contribution is 0.405. The lowest BCUT2D eigenvalue weighted by Crippen LogP contribution is -2.26. The zero-order chi connectivity index (χ0) is 10.6. The third-order valence-electron chi connectivity index (χ3n) is 4.13. The number of hydrogen-bond donors (Lipinski definition) is 2. The Labute approximate surface area is 94.2 Å². The van der Waals surface area contributed by atoms with Gasteiger partial charge in [0.2, 0.25) is 0 Å². The molecule has 0 bridgehead atoms. The average molecular weight is 210 g/mol. The van der Waals surface area contributed by atoms with Crippen molar-refractivity contribution in [1.82, 2.24) is 10.6 Å². The Morgan fingerprint density at radius 3 is 2.87 bits per heavy atom. The molecule has 1 heterocycles. The zero-order valence-electron chi connectivity index (χ0n) is 10.1. The van der Waals surface area contributed by atoms with Gasteiger partial charge in [0.05, 0.1) is 0 Å². The summed E-state index contributed by atoms with van der Waals surface area (Å²) in [5.41, 5.74) is 0.725. The molecule has 1 aliphatic carbocycles. The molecule has 2 nitrogen and oxygen atoms in total. The minimum Gasteiger partial charge on any atom is -0.316 e. The first-order chi connectivity index (χ1) is 7.35. The highest BCUT2D eigenvalue weighted by Crippen LogP contribution is 2.48. The normalized spacial score (nSPS) is 28.2. The van der Waals surface area contributed by atoms with Crippen LogP contribution in [0.3, 0.4) is 0 Å². The summed E-state index contributed by atoms with van der Waals surface area (Å²) in [6.07, 6.45) is 8.49. The summed E-state index contributed by atoms with van der Waals surface area (Å²) in [7, 11) is 0. The molecule has 0 aromatic rings. The minimum atomic E-state index is 0.725. The van der Waals surface area contributed by atoms with Crippen molar-refractivity contribution in [2.45, 2.75) is 45.4 Å². The predicted octanol–water partition coefficient (Wildman–Crippen LogP) is 2.16. The molecule has 1 atom stereocenters. The lowest BCUT2D eigenvalue weighted by atomic mass is 10.0. The van der Waals surface area contributed by atoms with Gasteiger partial charge in [0.15, 0.2) is 0 Å². The smallest absolute Gasteiger partial charge is 0.000781 e. The molecule has 0 spiro atoms. The van der Waals surface area contributed by atoms with Crippen LogP contribution >= 0.6 is 0 Å². The summed E-state index contributed by atoms with van der Waals surface area (Å²) < 4.78 is 0. The number of hydrogen-bond acceptors (Lipinski definition) is 2. The van der Waals surface area contributed by atoms with Crippen molar-refractivity contribution in [3.05, 3.63) is 0 Å². The molecule has 0 aromatic carbocycles. The number of nitrogens with one attached hydrogen (secondary N) is 2. The monoisotopic (exact) mass is 210 g/mol. The minimum absolute atomic E-state index is 0.725. The quantitative estimate of drug-likeness (QED) is 0.629. The molecule has 2 N–H and O–H groups in total. The third-order valence-corrected chi connectivity index (χ3v) is 4.13. The summed E-state index contributed by atoms with van der Waals surface area (Å²) in [5, 5.41) is 7.11. The van der Waals surface area contributed by atoms with Crippen LogP contribution < -0.4 is 10.6 Å². The highest BCUT2D eigenvalue weighted by Gasteiger charge is 2.40. The molecule has 2 aliphatic rings. The van der Waals surface area contributed by atoms with E-state index in [1.807, 2.05) is 0 Å². The van der Waals surface area contributed by atoms with Gasteiger partial charge < -0.3 is 10.6 Å². The van der Waals surface area contributed by atoms with Crippen LogP contribution in [-0.4, -0.2) is 26.2 Å². The molecule has 88 valence electrons. The summed E-state index contributed by atoms with van der Waals surface area (Å²) in [6, 6.07) is 0. The van der Waals surface area contributed by atoms with E-state index in [4.69, 9.17) is 0 Å². The third kappa shape index (κ3) is 3.46. The van der Waals surface area contributed by atoms with Gasteiger partial charge in [-0.25, -0.2) is 0 Å². The zero-order valence-corrected chi connectivity index (χ0v) is 10.1.